The molecule has 7 nitrogen and oxygen atoms in total. The lowest BCUT2D eigenvalue weighted by Crippen LogP contribution is -2.30. The number of anilines is 1. The van der Waals surface area contributed by atoms with E-state index in [9.17, 15) is 23.9 Å². The molecule has 0 saturated carbocycles. The zero-order valence-electron chi connectivity index (χ0n) is 21.8. The van der Waals surface area contributed by atoms with E-state index in [0.29, 0.717) is 33.5 Å². The molecule has 0 fully saturated rings. The number of benzene rings is 4. The number of hydrogen-bond donors (Lipinski definition) is 3. The molecule has 2 amide bonds. The van der Waals surface area contributed by atoms with Crippen molar-refractivity contribution in [3.05, 3.63) is 141 Å². The van der Waals surface area contributed by atoms with Crippen molar-refractivity contribution < 1.29 is 23.5 Å². The van der Waals surface area contributed by atoms with Crippen LogP contribution in [-0.4, -0.2) is 16.9 Å². The second kappa shape index (κ2) is 12.8. The molecule has 0 aliphatic heterocycles. The quantitative estimate of drug-likeness (QED) is 0.101. The first-order valence-corrected chi connectivity index (χ1v) is 14.0. The average molecular weight is 601 g/mol. The van der Waals surface area contributed by atoms with Gasteiger partial charge in [-0.25, -0.2) is 9.18 Å². The summed E-state index contributed by atoms with van der Waals surface area (Å²) in [6.45, 7) is 0. The highest BCUT2D eigenvalue weighted by atomic mass is 35.5. The Morgan fingerprint density at radius 1 is 0.952 bits per heavy atom. The molecule has 5 aromatic rings. The number of fused-ring (bicyclic) bond motifs is 1. The van der Waals surface area contributed by atoms with E-state index in [2.05, 4.69) is 10.6 Å². The van der Waals surface area contributed by atoms with Gasteiger partial charge in [0.25, 0.3) is 11.8 Å². The molecule has 0 radical (unpaired) electrons. The number of amides is 2. The van der Waals surface area contributed by atoms with Crippen LogP contribution in [0.3, 0.4) is 0 Å². The number of carbonyl (C=O) groups excluding carboxylic acids is 2. The monoisotopic (exact) mass is 600 g/mol. The summed E-state index contributed by atoms with van der Waals surface area (Å²) < 4.78 is 19.8. The summed E-state index contributed by atoms with van der Waals surface area (Å²) in [4.78, 5) is 39.2. The summed E-state index contributed by atoms with van der Waals surface area (Å²) in [7, 11) is 0. The number of phenols is 1. The smallest absolute Gasteiger partial charge is 0.340 e. The highest BCUT2D eigenvalue weighted by Gasteiger charge is 2.17. The van der Waals surface area contributed by atoms with Gasteiger partial charge in [-0.2, -0.15) is 0 Å². The predicted octanol–water partition coefficient (Wildman–Crippen LogP) is 6.99. The Bertz CT molecular complexity index is 1850. The summed E-state index contributed by atoms with van der Waals surface area (Å²) >= 11 is 7.56. The molecule has 1 heterocycles. The van der Waals surface area contributed by atoms with Gasteiger partial charge in [0.2, 0.25) is 0 Å². The van der Waals surface area contributed by atoms with E-state index in [1.807, 2.05) is 0 Å². The first-order chi connectivity index (χ1) is 20.3. The Kier molecular flexibility index (Phi) is 8.71. The van der Waals surface area contributed by atoms with Crippen molar-refractivity contribution in [2.24, 2.45) is 0 Å². The molecule has 5 rings (SSSR count). The highest BCUT2D eigenvalue weighted by molar-refractivity contribution is 7.98. The second-order valence-corrected chi connectivity index (χ2v) is 10.5. The van der Waals surface area contributed by atoms with Crippen molar-refractivity contribution in [3.63, 3.8) is 0 Å². The molecule has 3 N–H and O–H groups in total. The average Bonchev–Trinajstić information content (AvgIpc) is 2.98. The molecule has 42 heavy (non-hydrogen) atoms. The molecule has 0 aliphatic rings. The van der Waals surface area contributed by atoms with Crippen LogP contribution in [0.5, 0.6) is 5.75 Å². The van der Waals surface area contributed by atoms with E-state index >= 15 is 0 Å². The molecule has 210 valence electrons. The molecular weight excluding hydrogens is 579 g/mol. The molecule has 10 heteroatoms. The van der Waals surface area contributed by atoms with Crippen molar-refractivity contribution in [2.45, 2.75) is 10.6 Å². The Morgan fingerprint density at radius 2 is 1.71 bits per heavy atom. The van der Waals surface area contributed by atoms with E-state index in [-0.39, 0.29) is 22.0 Å². The van der Waals surface area contributed by atoms with Crippen molar-refractivity contribution in [1.82, 2.24) is 5.32 Å². The third-order valence-electron chi connectivity index (χ3n) is 6.12. The zero-order chi connectivity index (χ0) is 29.6. The minimum atomic E-state index is -0.682. The minimum absolute atomic E-state index is 0.0113. The number of hydrogen-bond acceptors (Lipinski definition) is 6. The lowest BCUT2D eigenvalue weighted by Gasteiger charge is -2.12. The summed E-state index contributed by atoms with van der Waals surface area (Å²) in [5, 5.41) is 15.6. The van der Waals surface area contributed by atoms with Crippen LogP contribution in [0.1, 0.15) is 21.5 Å². The minimum Gasteiger partial charge on any atom is -0.508 e. The Balaban J connectivity index is 1.31. The van der Waals surface area contributed by atoms with Crippen molar-refractivity contribution in [1.29, 1.82) is 0 Å². The lowest BCUT2D eigenvalue weighted by molar-refractivity contribution is -0.113. The number of nitrogens with one attached hydrogen (secondary N) is 2. The summed E-state index contributed by atoms with van der Waals surface area (Å²) in [5.74, 6) is -1.53. The summed E-state index contributed by atoms with van der Waals surface area (Å²) in [6, 6.07) is 25.6. The fourth-order valence-corrected chi connectivity index (χ4v) is 5.04. The van der Waals surface area contributed by atoms with Gasteiger partial charge in [-0.3, -0.25) is 9.59 Å². The van der Waals surface area contributed by atoms with Crippen molar-refractivity contribution in [2.75, 3.05) is 5.32 Å². The van der Waals surface area contributed by atoms with Gasteiger partial charge < -0.3 is 20.2 Å². The molecule has 0 unspecified atom stereocenters. The number of aromatic hydroxyl groups is 1. The Hall–Kier alpha value is -4.86. The SMILES string of the molecule is O=C(Nc1ccc(SCc2cc3ccc(O)cc3oc2=O)cc1)/C(=C/c1c(F)cccc1Cl)NC(=O)c1ccccc1. The van der Waals surface area contributed by atoms with Gasteiger partial charge in [-0.05, 0) is 72.8 Å². The Morgan fingerprint density at radius 3 is 2.45 bits per heavy atom. The van der Waals surface area contributed by atoms with Gasteiger partial charge in [-0.1, -0.05) is 35.9 Å². The van der Waals surface area contributed by atoms with Crippen LogP contribution in [0.15, 0.2) is 117 Å². The summed E-state index contributed by atoms with van der Waals surface area (Å²) in [6.07, 6.45) is 1.19. The van der Waals surface area contributed by atoms with Gasteiger partial charge in [0.05, 0.1) is 5.02 Å². The van der Waals surface area contributed by atoms with E-state index in [1.165, 1.54) is 48.2 Å². The number of phenolic OH excluding ortho intramolecular Hbond substituents is 1. The summed E-state index contributed by atoms with van der Waals surface area (Å²) in [5.41, 5.74) is 0.775. The topological polar surface area (TPSA) is 109 Å². The third-order valence-corrected chi connectivity index (χ3v) is 7.51. The molecular formula is C32H22ClFN2O5S. The number of rotatable bonds is 8. The van der Waals surface area contributed by atoms with E-state index in [4.69, 9.17) is 16.0 Å². The maximum atomic E-state index is 14.5. The zero-order valence-corrected chi connectivity index (χ0v) is 23.3. The number of halogens is 2. The molecule has 0 aliphatic carbocycles. The van der Waals surface area contributed by atoms with Gasteiger partial charge in [0.15, 0.2) is 0 Å². The number of thioether (sulfide) groups is 1. The van der Waals surface area contributed by atoms with Crippen LogP contribution >= 0.6 is 23.4 Å². The first kappa shape index (κ1) is 28.7. The van der Waals surface area contributed by atoms with Gasteiger partial charge in [0, 0.05) is 44.5 Å². The van der Waals surface area contributed by atoms with Gasteiger partial charge in [0.1, 0.15) is 22.8 Å². The number of carbonyl (C=O) groups is 2. The van der Waals surface area contributed by atoms with Crippen LogP contribution in [0.4, 0.5) is 10.1 Å². The fraction of sp³-hybridized carbons (Fsp3) is 0.0312. The van der Waals surface area contributed by atoms with Crippen LogP contribution in [0, 0.1) is 5.82 Å². The molecule has 0 saturated heterocycles. The van der Waals surface area contributed by atoms with Crippen LogP contribution in [-0.2, 0) is 10.5 Å². The normalized spacial score (nSPS) is 11.3. The van der Waals surface area contributed by atoms with E-state index < -0.39 is 23.3 Å². The Labute approximate surface area is 248 Å². The van der Waals surface area contributed by atoms with Gasteiger partial charge in [-0.15, -0.1) is 11.8 Å². The third kappa shape index (κ3) is 6.88. The van der Waals surface area contributed by atoms with E-state index in [0.717, 1.165) is 4.90 Å². The molecule has 4 aromatic carbocycles. The molecule has 0 spiro atoms. The predicted molar refractivity (Wildman–Crippen MR) is 162 cm³/mol. The van der Waals surface area contributed by atoms with Crippen molar-refractivity contribution >= 4 is 57.9 Å². The highest BCUT2D eigenvalue weighted by Crippen LogP contribution is 2.26. The fourth-order valence-electron chi connectivity index (χ4n) is 3.97. The van der Waals surface area contributed by atoms with Gasteiger partial charge >= 0.3 is 5.63 Å². The maximum Gasteiger partial charge on any atom is 0.340 e. The first-order valence-electron chi connectivity index (χ1n) is 12.6. The van der Waals surface area contributed by atoms with Crippen LogP contribution in [0.25, 0.3) is 17.0 Å². The molecule has 0 atom stereocenters. The largest absolute Gasteiger partial charge is 0.508 e. The van der Waals surface area contributed by atoms with Crippen LogP contribution in [0.2, 0.25) is 5.02 Å². The lowest BCUT2D eigenvalue weighted by atomic mass is 10.1. The molecule has 0 bridgehead atoms. The maximum absolute atomic E-state index is 14.5. The van der Waals surface area contributed by atoms with Crippen molar-refractivity contribution in [3.8, 4) is 5.75 Å². The standard InChI is InChI=1S/C32H22ClFN2O5S/c33-26-7-4-8-27(34)25(26)17-28(36-30(38)19-5-2-1-3-6-19)31(39)35-22-10-13-24(14-11-22)42-18-21-15-20-9-12-23(37)16-29(20)41-32(21)40/h1-17,37H,18H2,(H,35,39)(H,36,38)/b28-17-. The second-order valence-electron chi connectivity index (χ2n) is 9.06. The molecule has 1 aromatic heterocycles. The van der Waals surface area contributed by atoms with Crippen LogP contribution < -0.4 is 16.3 Å². The van der Waals surface area contributed by atoms with E-state index in [1.54, 1.807) is 66.7 Å².